The van der Waals surface area contributed by atoms with E-state index >= 15 is 0 Å². The number of nitrogens with two attached hydrogens (primary N) is 1. The van der Waals surface area contributed by atoms with Crippen LogP contribution in [-0.4, -0.2) is 71.0 Å². The summed E-state index contributed by atoms with van der Waals surface area (Å²) in [7, 11) is 3.82. The number of nitrogens with zero attached hydrogens (tertiary/aromatic N) is 2. The largest absolute Gasteiger partial charge is 0.481 e. The van der Waals surface area contributed by atoms with Crippen LogP contribution in [0.5, 0.6) is 0 Å². The molecule has 0 saturated heterocycles. The third-order valence-electron chi connectivity index (χ3n) is 4.27. The van der Waals surface area contributed by atoms with Gasteiger partial charge in [0.15, 0.2) is 0 Å². The molecule has 0 spiro atoms. The standard InChI is InChI=1S/C16H17N3O2.C4H6O4/c1-18(2)6-7-19-15(20)12-5-3-4-10-8-11(17)9-13(14(10)12)16(19)21;5-3(6)1-2-4(7)8/h3-5,8-9H,6-7,17H2,1-2H3;1-2H2,(H,5,6)(H,7,8). The highest BCUT2D eigenvalue weighted by Gasteiger charge is 2.32. The molecule has 0 aromatic heterocycles. The number of carbonyl (C=O) groups excluding carboxylic acids is 2. The van der Waals surface area contributed by atoms with Crippen LogP contribution in [0, 0.1) is 0 Å². The van der Waals surface area contributed by atoms with Gasteiger partial charge >= 0.3 is 11.9 Å². The number of hydrogen-bond acceptors (Lipinski definition) is 6. The Hall–Kier alpha value is -3.46. The van der Waals surface area contributed by atoms with Crippen LogP contribution in [0.25, 0.3) is 10.8 Å². The number of carboxylic acid groups (broad SMARTS) is 2. The lowest BCUT2D eigenvalue weighted by atomic mass is 9.93. The van der Waals surface area contributed by atoms with Crippen LogP contribution in [0.4, 0.5) is 5.69 Å². The van der Waals surface area contributed by atoms with Crippen LogP contribution >= 0.6 is 0 Å². The van der Waals surface area contributed by atoms with E-state index in [9.17, 15) is 19.2 Å². The molecule has 9 nitrogen and oxygen atoms in total. The van der Waals surface area contributed by atoms with Crippen LogP contribution in [-0.2, 0) is 9.59 Å². The first kappa shape index (κ1) is 21.8. The Morgan fingerprint density at radius 2 is 1.59 bits per heavy atom. The molecule has 0 radical (unpaired) electrons. The first-order valence-electron chi connectivity index (χ1n) is 8.88. The third kappa shape index (κ3) is 5.29. The summed E-state index contributed by atoms with van der Waals surface area (Å²) in [4.78, 5) is 47.7. The molecule has 0 aliphatic carbocycles. The number of nitrogen functional groups attached to an aromatic ring is 1. The Morgan fingerprint density at radius 1 is 1.00 bits per heavy atom. The molecule has 29 heavy (non-hydrogen) atoms. The van der Waals surface area contributed by atoms with Gasteiger partial charge < -0.3 is 20.8 Å². The van der Waals surface area contributed by atoms with Crippen molar-refractivity contribution in [1.82, 2.24) is 9.80 Å². The van der Waals surface area contributed by atoms with Crippen molar-refractivity contribution in [3.63, 3.8) is 0 Å². The van der Waals surface area contributed by atoms with Crippen molar-refractivity contribution in [3.05, 3.63) is 41.5 Å². The van der Waals surface area contributed by atoms with Gasteiger partial charge in [-0.15, -0.1) is 0 Å². The summed E-state index contributed by atoms with van der Waals surface area (Å²) in [6.45, 7) is 1.00. The first-order chi connectivity index (χ1) is 13.6. The topological polar surface area (TPSA) is 141 Å². The maximum Gasteiger partial charge on any atom is 0.303 e. The van der Waals surface area contributed by atoms with Crippen LogP contribution in [0.2, 0.25) is 0 Å². The molecule has 2 amide bonds. The summed E-state index contributed by atoms with van der Waals surface area (Å²) in [6.07, 6.45) is -0.593. The number of imide groups is 1. The van der Waals surface area contributed by atoms with Crippen molar-refractivity contribution < 1.29 is 29.4 Å². The van der Waals surface area contributed by atoms with Gasteiger partial charge in [0, 0.05) is 29.7 Å². The molecule has 3 rings (SSSR count). The fourth-order valence-corrected chi connectivity index (χ4v) is 2.90. The maximum atomic E-state index is 12.6. The van der Waals surface area contributed by atoms with Crippen molar-refractivity contribution in [3.8, 4) is 0 Å². The van der Waals surface area contributed by atoms with Gasteiger partial charge in [-0.25, -0.2) is 0 Å². The minimum Gasteiger partial charge on any atom is -0.481 e. The van der Waals surface area contributed by atoms with Gasteiger partial charge in [-0.3, -0.25) is 24.1 Å². The summed E-state index contributed by atoms with van der Waals surface area (Å²) in [5.74, 6) is -2.65. The van der Waals surface area contributed by atoms with Crippen LogP contribution in [0.1, 0.15) is 33.6 Å². The number of carbonyl (C=O) groups is 4. The van der Waals surface area contributed by atoms with Crippen LogP contribution in [0.15, 0.2) is 30.3 Å². The van der Waals surface area contributed by atoms with Gasteiger partial charge in [-0.05, 0) is 37.7 Å². The molecule has 1 heterocycles. The Kier molecular flexibility index (Phi) is 6.89. The monoisotopic (exact) mass is 401 g/mol. The molecule has 4 N–H and O–H groups in total. The highest BCUT2D eigenvalue weighted by atomic mass is 16.4. The number of aliphatic carboxylic acids is 2. The molecular weight excluding hydrogens is 378 g/mol. The number of rotatable bonds is 6. The lowest BCUT2D eigenvalue weighted by Gasteiger charge is -2.28. The molecule has 1 aliphatic heterocycles. The number of hydrogen-bond donors (Lipinski definition) is 3. The summed E-state index contributed by atoms with van der Waals surface area (Å²) < 4.78 is 0. The lowest BCUT2D eigenvalue weighted by molar-refractivity contribution is -0.143. The van der Waals surface area contributed by atoms with Crippen molar-refractivity contribution in [1.29, 1.82) is 0 Å². The average Bonchev–Trinajstić information content (AvgIpc) is 2.64. The predicted molar refractivity (Wildman–Crippen MR) is 107 cm³/mol. The molecule has 0 saturated carbocycles. The first-order valence-corrected chi connectivity index (χ1v) is 8.88. The van der Waals surface area contributed by atoms with Gasteiger partial charge in [-0.2, -0.15) is 0 Å². The van der Waals surface area contributed by atoms with E-state index in [0.717, 1.165) is 5.39 Å². The van der Waals surface area contributed by atoms with Crippen molar-refractivity contribution in [2.24, 2.45) is 0 Å². The van der Waals surface area contributed by atoms with E-state index in [4.69, 9.17) is 15.9 Å². The maximum absolute atomic E-state index is 12.6. The minimum atomic E-state index is -1.08. The summed E-state index contributed by atoms with van der Waals surface area (Å²) >= 11 is 0. The van der Waals surface area contributed by atoms with Gasteiger partial charge in [0.2, 0.25) is 0 Å². The van der Waals surface area contributed by atoms with E-state index in [1.807, 2.05) is 31.1 Å². The lowest BCUT2D eigenvalue weighted by Crippen LogP contribution is -2.43. The molecule has 154 valence electrons. The van der Waals surface area contributed by atoms with Crippen LogP contribution < -0.4 is 5.73 Å². The molecule has 0 bridgehead atoms. The van der Waals surface area contributed by atoms with Gasteiger partial charge in [-0.1, -0.05) is 12.1 Å². The normalized spacial score (nSPS) is 12.7. The molecule has 0 unspecified atom stereocenters. The number of anilines is 1. The van der Waals surface area contributed by atoms with Crippen molar-refractivity contribution >= 4 is 40.2 Å². The summed E-state index contributed by atoms with van der Waals surface area (Å²) in [6, 6.07) is 8.90. The number of carboxylic acids is 2. The number of likely N-dealkylation sites (N-methyl/N-ethyl adjacent to an activating group) is 1. The van der Waals surface area contributed by atoms with Gasteiger partial charge in [0.1, 0.15) is 0 Å². The highest BCUT2D eigenvalue weighted by Crippen LogP contribution is 2.31. The smallest absolute Gasteiger partial charge is 0.303 e. The molecular formula is C20H23N3O6. The highest BCUT2D eigenvalue weighted by molar-refractivity contribution is 6.25. The average molecular weight is 401 g/mol. The second-order valence-corrected chi connectivity index (χ2v) is 6.82. The zero-order chi connectivity index (χ0) is 21.7. The van der Waals surface area contributed by atoms with Gasteiger partial charge in [0.05, 0.1) is 18.4 Å². The summed E-state index contributed by atoms with van der Waals surface area (Å²) in [5, 5.41) is 17.3. The molecule has 0 atom stereocenters. The second-order valence-electron chi connectivity index (χ2n) is 6.82. The van der Waals surface area contributed by atoms with Gasteiger partial charge in [0.25, 0.3) is 11.8 Å². The zero-order valence-corrected chi connectivity index (χ0v) is 16.2. The quantitative estimate of drug-likeness (QED) is 0.489. The predicted octanol–water partition coefficient (Wildman–Crippen LogP) is 1.52. The second kappa shape index (κ2) is 9.16. The van der Waals surface area contributed by atoms with E-state index in [-0.39, 0.29) is 24.7 Å². The number of amides is 2. The molecule has 9 heteroatoms. The Labute approximate surface area is 167 Å². The van der Waals surface area contributed by atoms with E-state index < -0.39 is 11.9 Å². The SMILES string of the molecule is CN(C)CCN1C(=O)c2cccc3cc(N)cc(c23)C1=O.O=C(O)CCC(=O)O. The Bertz CT molecular complexity index is 956. The molecule has 2 aromatic rings. The van der Waals surface area contributed by atoms with E-state index in [0.29, 0.717) is 35.3 Å². The van der Waals surface area contributed by atoms with E-state index in [1.54, 1.807) is 18.2 Å². The van der Waals surface area contributed by atoms with Crippen molar-refractivity contribution in [2.45, 2.75) is 12.8 Å². The van der Waals surface area contributed by atoms with E-state index in [1.165, 1.54) is 4.90 Å². The Balaban J connectivity index is 0.000000321. The Morgan fingerprint density at radius 3 is 2.14 bits per heavy atom. The third-order valence-corrected chi connectivity index (χ3v) is 4.27. The molecule has 0 fully saturated rings. The minimum absolute atomic E-state index is 0.232. The zero-order valence-electron chi connectivity index (χ0n) is 16.2. The fourth-order valence-electron chi connectivity index (χ4n) is 2.90. The number of benzene rings is 2. The van der Waals surface area contributed by atoms with E-state index in [2.05, 4.69) is 0 Å². The van der Waals surface area contributed by atoms with Crippen molar-refractivity contribution in [2.75, 3.05) is 32.9 Å². The molecule has 1 aliphatic rings. The fraction of sp³-hybridized carbons (Fsp3) is 0.300. The molecule has 2 aromatic carbocycles. The summed E-state index contributed by atoms with van der Waals surface area (Å²) in [5.41, 5.74) is 7.49. The van der Waals surface area contributed by atoms with Crippen LogP contribution in [0.3, 0.4) is 0 Å².